The lowest BCUT2D eigenvalue weighted by molar-refractivity contribution is 0.406. The van der Waals surface area contributed by atoms with Gasteiger partial charge in [-0.1, -0.05) is 24.6 Å². The van der Waals surface area contributed by atoms with E-state index in [-0.39, 0.29) is 11.4 Å². The molecule has 0 fully saturated rings. The number of fused-ring (bicyclic) bond motifs is 1. The van der Waals surface area contributed by atoms with Crippen molar-refractivity contribution in [1.29, 1.82) is 0 Å². The lowest BCUT2D eigenvalue weighted by Gasteiger charge is -2.25. The Labute approximate surface area is 172 Å². The fourth-order valence-electron chi connectivity index (χ4n) is 2.81. The third kappa shape index (κ3) is 4.66. The lowest BCUT2D eigenvalue weighted by Crippen LogP contribution is -2.36. The first kappa shape index (κ1) is 20.2. The number of aromatic nitrogens is 2. The van der Waals surface area contributed by atoms with Gasteiger partial charge in [0.05, 0.1) is 17.4 Å². The second-order valence-electron chi connectivity index (χ2n) is 6.49. The van der Waals surface area contributed by atoms with Crippen LogP contribution in [0.4, 0.5) is 10.1 Å². The zero-order valence-corrected chi connectivity index (χ0v) is 17.1. The summed E-state index contributed by atoms with van der Waals surface area (Å²) in [6.45, 7) is 4.69. The molecule has 2 aromatic carbocycles. The maximum atomic E-state index is 13.8. The second-order valence-corrected chi connectivity index (χ2v) is 7.31. The van der Waals surface area contributed by atoms with Crippen molar-refractivity contribution in [2.45, 2.75) is 26.8 Å². The minimum Gasteiger partial charge on any atom is -0.342 e. The monoisotopic (exact) mass is 418 g/mol. The highest BCUT2D eigenvalue weighted by molar-refractivity contribution is 7.80. The van der Waals surface area contributed by atoms with Crippen molar-refractivity contribution in [3.05, 3.63) is 69.0 Å². The maximum absolute atomic E-state index is 13.8. The van der Waals surface area contributed by atoms with Crippen LogP contribution in [-0.2, 0) is 6.54 Å². The number of anilines is 1. The van der Waals surface area contributed by atoms with Crippen molar-refractivity contribution in [2.24, 2.45) is 0 Å². The zero-order valence-electron chi connectivity index (χ0n) is 15.6. The molecule has 28 heavy (non-hydrogen) atoms. The van der Waals surface area contributed by atoms with Crippen LogP contribution in [0.3, 0.4) is 0 Å². The minimum atomic E-state index is -0.299. The molecule has 0 amide bonds. The summed E-state index contributed by atoms with van der Waals surface area (Å²) >= 11 is 11.5. The molecule has 0 aliphatic heterocycles. The van der Waals surface area contributed by atoms with Gasteiger partial charge in [-0.3, -0.25) is 4.79 Å². The summed E-state index contributed by atoms with van der Waals surface area (Å²) in [5, 5.41) is 4.47. The predicted octanol–water partition coefficient (Wildman–Crippen LogP) is 4.63. The highest BCUT2D eigenvalue weighted by Crippen LogP contribution is 2.17. The van der Waals surface area contributed by atoms with Crippen LogP contribution >= 0.6 is 23.8 Å². The molecule has 0 aliphatic carbocycles. The fraction of sp³-hybridized carbons (Fsp3) is 0.250. The molecular formula is C20H20ClFN4OS. The normalized spacial score (nSPS) is 10.9. The third-order valence-corrected chi connectivity index (χ3v) is 4.86. The summed E-state index contributed by atoms with van der Waals surface area (Å²) in [7, 11) is 0. The Hall–Kier alpha value is -2.51. The van der Waals surface area contributed by atoms with Crippen molar-refractivity contribution >= 4 is 45.5 Å². The van der Waals surface area contributed by atoms with Crippen LogP contribution in [0.2, 0.25) is 5.02 Å². The molecule has 5 nitrogen and oxygen atoms in total. The second kappa shape index (κ2) is 8.67. The van der Waals surface area contributed by atoms with E-state index in [1.165, 1.54) is 6.07 Å². The maximum Gasteiger partial charge on any atom is 0.258 e. The van der Waals surface area contributed by atoms with Crippen LogP contribution in [0.15, 0.2) is 41.2 Å². The number of hydrogen-bond donors (Lipinski definition) is 2. The topological polar surface area (TPSA) is 61.0 Å². The Morgan fingerprint density at radius 3 is 2.82 bits per heavy atom. The van der Waals surface area contributed by atoms with E-state index in [2.05, 4.69) is 15.3 Å². The first-order valence-electron chi connectivity index (χ1n) is 8.88. The van der Waals surface area contributed by atoms with Crippen LogP contribution in [0.1, 0.15) is 24.7 Å². The van der Waals surface area contributed by atoms with E-state index >= 15 is 0 Å². The van der Waals surface area contributed by atoms with Crippen LogP contribution < -0.4 is 10.9 Å². The van der Waals surface area contributed by atoms with Gasteiger partial charge in [0.1, 0.15) is 11.6 Å². The number of hydrogen-bond acceptors (Lipinski definition) is 3. The van der Waals surface area contributed by atoms with Crippen molar-refractivity contribution in [3.8, 4) is 0 Å². The predicted molar refractivity (Wildman–Crippen MR) is 115 cm³/mol. The van der Waals surface area contributed by atoms with Crippen LogP contribution in [0.25, 0.3) is 10.9 Å². The van der Waals surface area contributed by atoms with Gasteiger partial charge < -0.3 is 15.2 Å². The average molecular weight is 419 g/mol. The standard InChI is InChI=1S/C20H20ClFN4OS/c1-3-8-26(20(28)23-14-6-4-12(2)16(22)10-14)11-18-24-17-9-13(21)5-7-15(17)19(27)25-18/h4-7,9-10H,3,8,11H2,1-2H3,(H,23,28)(H,24,25,27). The Morgan fingerprint density at radius 1 is 1.32 bits per heavy atom. The summed E-state index contributed by atoms with van der Waals surface area (Å²) in [6.07, 6.45) is 0.841. The quantitative estimate of drug-likeness (QED) is 0.591. The largest absolute Gasteiger partial charge is 0.342 e. The third-order valence-electron chi connectivity index (χ3n) is 4.26. The summed E-state index contributed by atoms with van der Waals surface area (Å²) < 4.78 is 13.8. The van der Waals surface area contributed by atoms with Gasteiger partial charge in [0.15, 0.2) is 5.11 Å². The minimum absolute atomic E-state index is 0.229. The summed E-state index contributed by atoms with van der Waals surface area (Å²) in [6, 6.07) is 9.83. The van der Waals surface area contributed by atoms with Crippen molar-refractivity contribution in [3.63, 3.8) is 0 Å². The van der Waals surface area contributed by atoms with Crippen molar-refractivity contribution in [2.75, 3.05) is 11.9 Å². The van der Waals surface area contributed by atoms with Gasteiger partial charge in [-0.05, 0) is 61.5 Å². The van der Waals surface area contributed by atoms with Crippen LogP contribution in [-0.4, -0.2) is 26.5 Å². The van der Waals surface area contributed by atoms with Gasteiger partial charge in [0.2, 0.25) is 0 Å². The van der Waals surface area contributed by atoms with Gasteiger partial charge in [-0.2, -0.15) is 0 Å². The lowest BCUT2D eigenvalue weighted by atomic mass is 10.2. The molecule has 0 bridgehead atoms. The Morgan fingerprint density at radius 2 is 2.11 bits per heavy atom. The van der Waals surface area contributed by atoms with E-state index in [4.69, 9.17) is 23.8 Å². The number of nitrogens with zero attached hydrogens (tertiary/aromatic N) is 2. The van der Waals surface area contributed by atoms with Gasteiger partial charge >= 0.3 is 0 Å². The number of nitrogens with one attached hydrogen (secondary N) is 2. The number of aromatic amines is 1. The molecule has 2 N–H and O–H groups in total. The summed E-state index contributed by atoms with van der Waals surface area (Å²) in [5.74, 6) is 0.180. The molecule has 0 saturated heterocycles. The van der Waals surface area contributed by atoms with E-state index in [1.54, 1.807) is 37.3 Å². The van der Waals surface area contributed by atoms with E-state index in [0.717, 1.165) is 6.42 Å². The SMILES string of the molecule is CCCN(Cc1nc2cc(Cl)ccc2c(=O)[nH]1)C(=S)Nc1ccc(C)c(F)c1. The first-order chi connectivity index (χ1) is 13.4. The van der Waals surface area contributed by atoms with Gasteiger partial charge in [-0.15, -0.1) is 0 Å². The molecule has 146 valence electrons. The van der Waals surface area contributed by atoms with Gasteiger partial charge in [-0.25, -0.2) is 9.37 Å². The molecule has 1 heterocycles. The Bertz CT molecular complexity index is 1090. The van der Waals surface area contributed by atoms with Crippen LogP contribution in [0, 0.1) is 12.7 Å². The molecule has 1 aromatic heterocycles. The highest BCUT2D eigenvalue weighted by Gasteiger charge is 2.13. The molecule has 8 heteroatoms. The Balaban J connectivity index is 1.84. The highest BCUT2D eigenvalue weighted by atomic mass is 35.5. The molecule has 3 rings (SSSR count). The van der Waals surface area contributed by atoms with E-state index < -0.39 is 0 Å². The van der Waals surface area contributed by atoms with Crippen LogP contribution in [0.5, 0.6) is 0 Å². The number of thiocarbonyl (C=S) groups is 1. The number of H-pyrrole nitrogens is 1. The Kier molecular flexibility index (Phi) is 6.26. The van der Waals surface area contributed by atoms with E-state index in [0.29, 0.717) is 51.2 Å². The number of benzene rings is 2. The number of halogens is 2. The molecule has 0 radical (unpaired) electrons. The molecule has 0 spiro atoms. The van der Waals surface area contributed by atoms with E-state index in [9.17, 15) is 9.18 Å². The molecular weight excluding hydrogens is 399 g/mol. The van der Waals surface area contributed by atoms with Crippen molar-refractivity contribution < 1.29 is 4.39 Å². The van der Waals surface area contributed by atoms with Gasteiger partial charge in [0, 0.05) is 17.3 Å². The van der Waals surface area contributed by atoms with Crippen molar-refractivity contribution in [1.82, 2.24) is 14.9 Å². The molecule has 0 aliphatic rings. The molecule has 0 unspecified atom stereocenters. The average Bonchev–Trinajstić information content (AvgIpc) is 2.64. The van der Waals surface area contributed by atoms with E-state index in [1.807, 2.05) is 11.8 Å². The zero-order chi connectivity index (χ0) is 20.3. The molecule has 0 saturated carbocycles. The number of aryl methyl sites for hydroxylation is 1. The summed E-state index contributed by atoms with van der Waals surface area (Å²) in [4.78, 5) is 21.5. The number of rotatable bonds is 5. The molecule has 0 atom stereocenters. The smallest absolute Gasteiger partial charge is 0.258 e. The molecule has 3 aromatic rings. The fourth-order valence-corrected chi connectivity index (χ4v) is 3.25. The summed E-state index contributed by atoms with van der Waals surface area (Å²) in [5.41, 5.74) is 1.44. The van der Waals surface area contributed by atoms with Gasteiger partial charge in [0.25, 0.3) is 5.56 Å². The first-order valence-corrected chi connectivity index (χ1v) is 9.66.